The number of hydrogen-bond acceptors (Lipinski definition) is 6. The highest BCUT2D eigenvalue weighted by atomic mass is 32.1. The molecule has 0 saturated carbocycles. The monoisotopic (exact) mass is 307 g/mol. The van der Waals surface area contributed by atoms with E-state index in [0.29, 0.717) is 22.0 Å². The number of rotatable bonds is 4. The van der Waals surface area contributed by atoms with Gasteiger partial charge in [-0.15, -0.1) is 11.3 Å². The quantitative estimate of drug-likeness (QED) is 0.833. The molecule has 5 nitrogen and oxygen atoms in total. The van der Waals surface area contributed by atoms with Crippen molar-refractivity contribution in [3.63, 3.8) is 0 Å². The number of Topliss-reactive ketones (excluding diaryl/α,β-unsaturated/α-hetero) is 1. The lowest BCUT2D eigenvalue weighted by Gasteiger charge is -2.31. The zero-order valence-electron chi connectivity index (χ0n) is 12.4. The lowest BCUT2D eigenvalue weighted by molar-refractivity contribution is 0.0944. The number of nitriles is 1. The highest BCUT2D eigenvalue weighted by molar-refractivity contribution is 7.19. The van der Waals surface area contributed by atoms with Gasteiger partial charge in [-0.1, -0.05) is 13.8 Å². The van der Waals surface area contributed by atoms with Gasteiger partial charge in [0.1, 0.15) is 16.6 Å². The fourth-order valence-corrected chi connectivity index (χ4v) is 3.84. The van der Waals surface area contributed by atoms with Crippen LogP contribution in [0.2, 0.25) is 0 Å². The maximum absolute atomic E-state index is 12.2. The number of anilines is 2. The van der Waals surface area contributed by atoms with E-state index >= 15 is 0 Å². The zero-order valence-corrected chi connectivity index (χ0v) is 13.2. The normalized spacial score (nSPS) is 16.2. The van der Waals surface area contributed by atoms with Gasteiger partial charge >= 0.3 is 0 Å². The van der Waals surface area contributed by atoms with Crippen molar-refractivity contribution in [3.05, 3.63) is 10.4 Å². The van der Waals surface area contributed by atoms with Crippen LogP contribution in [0.4, 0.5) is 10.7 Å². The van der Waals surface area contributed by atoms with Gasteiger partial charge < -0.3 is 15.7 Å². The van der Waals surface area contributed by atoms with Gasteiger partial charge in [0.15, 0.2) is 5.78 Å². The van der Waals surface area contributed by atoms with E-state index in [1.807, 2.05) is 13.8 Å². The fraction of sp³-hybridized carbons (Fsp3) is 0.600. The third kappa shape index (κ3) is 3.04. The molecule has 0 amide bonds. The first-order valence-corrected chi connectivity index (χ1v) is 8.03. The van der Waals surface area contributed by atoms with Crippen LogP contribution in [0.1, 0.15) is 41.9 Å². The average molecular weight is 307 g/mol. The molecule has 0 bridgehead atoms. The van der Waals surface area contributed by atoms with E-state index in [2.05, 4.69) is 11.0 Å². The Balaban J connectivity index is 2.30. The zero-order chi connectivity index (χ0) is 15.6. The predicted octanol–water partition coefficient (Wildman–Crippen LogP) is 2.25. The molecular weight excluding hydrogens is 286 g/mol. The third-order valence-electron chi connectivity index (χ3n) is 3.95. The SMILES string of the molecule is CC(C)C(=O)c1sc(N2CCC(CO)CC2)c(C#N)c1N. The number of nitrogen functional groups attached to an aromatic ring is 1. The Morgan fingerprint density at radius 2 is 2.14 bits per heavy atom. The lowest BCUT2D eigenvalue weighted by Crippen LogP contribution is -2.34. The van der Waals surface area contributed by atoms with Crippen molar-refractivity contribution in [2.24, 2.45) is 11.8 Å². The van der Waals surface area contributed by atoms with Gasteiger partial charge in [-0.3, -0.25) is 4.79 Å². The first-order valence-electron chi connectivity index (χ1n) is 7.22. The number of aliphatic hydroxyl groups excluding tert-OH is 1. The molecule has 1 saturated heterocycles. The summed E-state index contributed by atoms with van der Waals surface area (Å²) in [7, 11) is 0. The molecule has 1 aliphatic rings. The summed E-state index contributed by atoms with van der Waals surface area (Å²) in [5.41, 5.74) is 6.76. The molecule has 6 heteroatoms. The van der Waals surface area contributed by atoms with Crippen molar-refractivity contribution in [2.45, 2.75) is 26.7 Å². The summed E-state index contributed by atoms with van der Waals surface area (Å²) >= 11 is 1.33. The van der Waals surface area contributed by atoms with Gasteiger partial charge in [0.2, 0.25) is 0 Å². The first-order chi connectivity index (χ1) is 9.99. The van der Waals surface area contributed by atoms with Gasteiger partial charge in [-0.05, 0) is 18.8 Å². The number of carbonyl (C=O) groups excluding carboxylic acids is 1. The van der Waals surface area contributed by atoms with Crippen LogP contribution in [-0.4, -0.2) is 30.6 Å². The predicted molar refractivity (Wildman–Crippen MR) is 84.6 cm³/mol. The Morgan fingerprint density at radius 1 is 1.52 bits per heavy atom. The van der Waals surface area contributed by atoms with E-state index in [4.69, 9.17) is 5.73 Å². The maximum Gasteiger partial charge on any atom is 0.177 e. The molecule has 114 valence electrons. The van der Waals surface area contributed by atoms with Crippen LogP contribution in [0.5, 0.6) is 0 Å². The van der Waals surface area contributed by atoms with Crippen LogP contribution in [0.3, 0.4) is 0 Å². The number of thiophene rings is 1. The summed E-state index contributed by atoms with van der Waals surface area (Å²) in [5, 5.41) is 19.4. The smallest absolute Gasteiger partial charge is 0.177 e. The van der Waals surface area contributed by atoms with Crippen LogP contribution in [0, 0.1) is 23.2 Å². The van der Waals surface area contributed by atoms with E-state index in [-0.39, 0.29) is 18.3 Å². The fourth-order valence-electron chi connectivity index (χ4n) is 2.53. The Bertz CT molecular complexity index is 566. The Kier molecular flexibility index (Phi) is 4.86. The molecule has 21 heavy (non-hydrogen) atoms. The van der Waals surface area contributed by atoms with E-state index in [0.717, 1.165) is 30.9 Å². The molecule has 1 aromatic rings. The maximum atomic E-state index is 12.2. The summed E-state index contributed by atoms with van der Waals surface area (Å²) in [5.74, 6) is 0.192. The summed E-state index contributed by atoms with van der Waals surface area (Å²) in [6.45, 7) is 5.45. The van der Waals surface area contributed by atoms with Gasteiger partial charge in [0.25, 0.3) is 0 Å². The van der Waals surface area contributed by atoms with Crippen molar-refractivity contribution in [3.8, 4) is 6.07 Å². The minimum absolute atomic E-state index is 0.00880. The number of aliphatic hydroxyl groups is 1. The molecule has 2 rings (SSSR count). The summed E-state index contributed by atoms with van der Waals surface area (Å²) in [4.78, 5) is 14.8. The number of ketones is 1. The standard InChI is InChI=1S/C15H21N3O2S/c1-9(2)13(20)14-12(17)11(7-16)15(21-14)18-5-3-10(8-19)4-6-18/h9-10,19H,3-6,8,17H2,1-2H3. The van der Waals surface area contributed by atoms with Crippen LogP contribution in [0.15, 0.2) is 0 Å². The summed E-state index contributed by atoms with van der Waals surface area (Å²) in [6, 6.07) is 2.14. The number of piperidine rings is 1. The summed E-state index contributed by atoms with van der Waals surface area (Å²) < 4.78 is 0. The van der Waals surface area contributed by atoms with E-state index < -0.39 is 0 Å². The largest absolute Gasteiger partial charge is 0.396 e. The lowest BCUT2D eigenvalue weighted by atomic mass is 9.98. The third-order valence-corrected chi connectivity index (χ3v) is 5.23. The van der Waals surface area contributed by atoms with Crippen LogP contribution in [-0.2, 0) is 0 Å². The van der Waals surface area contributed by atoms with Crippen molar-refractivity contribution in [1.82, 2.24) is 0 Å². The Labute approximate surface area is 129 Å². The molecule has 0 radical (unpaired) electrons. The molecular formula is C15H21N3O2S. The molecule has 0 unspecified atom stereocenters. The highest BCUT2D eigenvalue weighted by Gasteiger charge is 2.27. The molecule has 0 spiro atoms. The molecule has 1 aromatic heterocycles. The second-order valence-electron chi connectivity index (χ2n) is 5.77. The Morgan fingerprint density at radius 3 is 2.62 bits per heavy atom. The molecule has 3 N–H and O–H groups in total. The van der Waals surface area contributed by atoms with Gasteiger partial charge in [-0.2, -0.15) is 5.26 Å². The number of nitrogens with zero attached hydrogens (tertiary/aromatic N) is 2. The molecule has 0 atom stereocenters. The minimum Gasteiger partial charge on any atom is -0.396 e. The van der Waals surface area contributed by atoms with Gasteiger partial charge in [0, 0.05) is 25.6 Å². The van der Waals surface area contributed by atoms with Crippen molar-refractivity contribution in [2.75, 3.05) is 30.3 Å². The second kappa shape index (κ2) is 6.46. The van der Waals surface area contributed by atoms with Gasteiger partial charge in [0.05, 0.1) is 10.6 Å². The number of nitrogens with two attached hydrogens (primary N) is 1. The molecule has 2 heterocycles. The first kappa shape index (κ1) is 15.8. The second-order valence-corrected chi connectivity index (χ2v) is 6.77. The van der Waals surface area contributed by atoms with Crippen LogP contribution >= 0.6 is 11.3 Å². The Hall–Kier alpha value is -1.58. The van der Waals surface area contributed by atoms with Crippen molar-refractivity contribution >= 4 is 27.8 Å². The van der Waals surface area contributed by atoms with Crippen LogP contribution < -0.4 is 10.6 Å². The molecule has 0 aromatic carbocycles. The number of hydrogen-bond donors (Lipinski definition) is 2. The van der Waals surface area contributed by atoms with Crippen molar-refractivity contribution < 1.29 is 9.90 Å². The van der Waals surface area contributed by atoms with E-state index in [1.165, 1.54) is 11.3 Å². The molecule has 1 fully saturated rings. The van der Waals surface area contributed by atoms with Crippen LogP contribution in [0.25, 0.3) is 0 Å². The summed E-state index contributed by atoms with van der Waals surface area (Å²) in [6.07, 6.45) is 1.79. The molecule has 1 aliphatic heterocycles. The average Bonchev–Trinajstić information content (AvgIpc) is 2.83. The van der Waals surface area contributed by atoms with Crippen molar-refractivity contribution in [1.29, 1.82) is 5.26 Å². The number of carbonyl (C=O) groups is 1. The highest BCUT2D eigenvalue weighted by Crippen LogP contribution is 2.40. The minimum atomic E-state index is -0.134. The van der Waals surface area contributed by atoms with E-state index in [9.17, 15) is 15.2 Å². The van der Waals surface area contributed by atoms with E-state index in [1.54, 1.807) is 0 Å². The van der Waals surface area contributed by atoms with Gasteiger partial charge in [-0.25, -0.2) is 0 Å². The molecule has 0 aliphatic carbocycles. The topological polar surface area (TPSA) is 90.4 Å².